The minimum absolute atomic E-state index is 0.258. The molecule has 70 valence electrons. The second-order valence-corrected chi connectivity index (χ2v) is 2.55. The van der Waals surface area contributed by atoms with E-state index in [4.69, 9.17) is 21.4 Å². The molecule has 5 nitrogen and oxygen atoms in total. The van der Waals surface area contributed by atoms with Gasteiger partial charge in [-0.3, -0.25) is 5.32 Å². The quantitative estimate of drug-likeness (QED) is 0.768. The van der Waals surface area contributed by atoms with Gasteiger partial charge in [0.1, 0.15) is 5.02 Å². The molecule has 0 bridgehead atoms. The predicted molar refractivity (Wildman–Crippen MR) is 47.4 cm³/mol. The Kier molecular flexibility index (Phi) is 2.92. The van der Waals surface area contributed by atoms with E-state index in [9.17, 15) is 4.79 Å². The Morgan fingerprint density at radius 3 is 2.92 bits per heavy atom. The molecule has 1 amide bonds. The summed E-state index contributed by atoms with van der Waals surface area (Å²) in [6.45, 7) is 0. The summed E-state index contributed by atoms with van der Waals surface area (Å²) in [5.41, 5.74) is 0.304. The summed E-state index contributed by atoms with van der Waals surface area (Å²) in [7, 11) is 1.43. The van der Waals surface area contributed by atoms with Gasteiger partial charge in [0, 0.05) is 0 Å². The average molecular weight is 203 g/mol. The number of nitrogens with zero attached hydrogens (tertiary/aromatic N) is 1. The van der Waals surface area contributed by atoms with Crippen molar-refractivity contribution >= 4 is 23.4 Å². The predicted octanol–water partition coefficient (Wildman–Crippen LogP) is 1.83. The molecule has 1 aromatic rings. The molecule has 0 aliphatic carbocycles. The largest absolute Gasteiger partial charge is 0.480 e. The van der Waals surface area contributed by atoms with Crippen LogP contribution in [0.25, 0.3) is 0 Å². The summed E-state index contributed by atoms with van der Waals surface area (Å²) < 4.78 is 4.79. The third kappa shape index (κ3) is 2.48. The lowest BCUT2D eigenvalue weighted by Gasteiger charge is -2.03. The fraction of sp³-hybridized carbons (Fsp3) is 0.143. The van der Waals surface area contributed by atoms with Gasteiger partial charge in [0.25, 0.3) is 0 Å². The summed E-state index contributed by atoms with van der Waals surface area (Å²) in [5.74, 6) is 0.262. The van der Waals surface area contributed by atoms with Crippen LogP contribution in [0, 0.1) is 0 Å². The van der Waals surface area contributed by atoms with Crippen LogP contribution in [-0.4, -0.2) is 23.3 Å². The number of halogens is 1. The second-order valence-electron chi connectivity index (χ2n) is 2.15. The van der Waals surface area contributed by atoms with Gasteiger partial charge < -0.3 is 9.84 Å². The summed E-state index contributed by atoms with van der Waals surface area (Å²) >= 11 is 5.69. The minimum Gasteiger partial charge on any atom is -0.480 e. The van der Waals surface area contributed by atoms with E-state index < -0.39 is 6.09 Å². The molecule has 13 heavy (non-hydrogen) atoms. The number of pyridine rings is 1. The van der Waals surface area contributed by atoms with E-state index in [1.54, 1.807) is 0 Å². The van der Waals surface area contributed by atoms with Crippen LogP contribution in [0.3, 0.4) is 0 Å². The summed E-state index contributed by atoms with van der Waals surface area (Å²) in [5, 5.41) is 10.7. The number of nitrogens with one attached hydrogen (secondary N) is 1. The molecular formula is C7H7ClN2O3. The standard InChI is InChI=1S/C7H7ClN2O3/c1-13-6-5(8)2-4(3-9-6)10-7(11)12/h2-3,10H,1H3,(H,11,12). The molecule has 0 spiro atoms. The van der Waals surface area contributed by atoms with Crippen LogP contribution < -0.4 is 10.1 Å². The molecule has 6 heteroatoms. The lowest BCUT2D eigenvalue weighted by atomic mass is 10.4. The van der Waals surface area contributed by atoms with Gasteiger partial charge in [-0.15, -0.1) is 0 Å². The van der Waals surface area contributed by atoms with Gasteiger partial charge in [-0.25, -0.2) is 9.78 Å². The van der Waals surface area contributed by atoms with Crippen molar-refractivity contribution < 1.29 is 14.6 Å². The Balaban J connectivity index is 2.89. The van der Waals surface area contributed by atoms with Crippen LogP contribution in [0.1, 0.15) is 0 Å². The van der Waals surface area contributed by atoms with E-state index in [1.165, 1.54) is 19.4 Å². The van der Waals surface area contributed by atoms with Gasteiger partial charge in [0.05, 0.1) is 19.0 Å². The Bertz CT molecular complexity index is 330. The zero-order valence-electron chi connectivity index (χ0n) is 6.74. The molecule has 0 aliphatic rings. The highest BCUT2D eigenvalue weighted by Crippen LogP contribution is 2.23. The molecule has 0 unspecified atom stereocenters. The number of amides is 1. The number of carbonyl (C=O) groups is 1. The van der Waals surface area contributed by atoms with E-state index in [0.29, 0.717) is 5.69 Å². The number of methoxy groups -OCH3 is 1. The molecule has 2 N–H and O–H groups in total. The van der Waals surface area contributed by atoms with E-state index in [1.807, 2.05) is 0 Å². The average Bonchev–Trinajstić information content (AvgIpc) is 2.03. The van der Waals surface area contributed by atoms with Crippen LogP contribution in [0.5, 0.6) is 5.88 Å². The molecule has 0 saturated carbocycles. The number of ether oxygens (including phenoxy) is 1. The lowest BCUT2D eigenvalue weighted by molar-refractivity contribution is 0.209. The maximum absolute atomic E-state index is 10.2. The van der Waals surface area contributed by atoms with Crippen molar-refractivity contribution in [1.82, 2.24) is 4.98 Å². The van der Waals surface area contributed by atoms with Crippen LogP contribution in [0.4, 0.5) is 10.5 Å². The second kappa shape index (κ2) is 3.95. The molecule has 1 aromatic heterocycles. The number of anilines is 1. The minimum atomic E-state index is -1.16. The van der Waals surface area contributed by atoms with Crippen molar-refractivity contribution in [2.75, 3.05) is 12.4 Å². The monoisotopic (exact) mass is 202 g/mol. The molecule has 0 aliphatic heterocycles. The van der Waals surface area contributed by atoms with E-state index in [0.717, 1.165) is 0 Å². The maximum atomic E-state index is 10.2. The van der Waals surface area contributed by atoms with Crippen LogP contribution in [0.15, 0.2) is 12.3 Å². The maximum Gasteiger partial charge on any atom is 0.409 e. The molecular weight excluding hydrogens is 196 g/mol. The Labute approximate surface area is 79.3 Å². The topological polar surface area (TPSA) is 71.5 Å². The molecule has 0 saturated heterocycles. The fourth-order valence-corrected chi connectivity index (χ4v) is 1.01. The van der Waals surface area contributed by atoms with Crippen molar-refractivity contribution in [3.63, 3.8) is 0 Å². The first-order valence-corrected chi connectivity index (χ1v) is 3.70. The highest BCUT2D eigenvalue weighted by Gasteiger charge is 2.04. The van der Waals surface area contributed by atoms with Crippen molar-refractivity contribution in [3.05, 3.63) is 17.3 Å². The van der Waals surface area contributed by atoms with Gasteiger partial charge >= 0.3 is 6.09 Å². The van der Waals surface area contributed by atoms with Gasteiger partial charge in [0.2, 0.25) is 5.88 Å². The SMILES string of the molecule is COc1ncc(NC(=O)O)cc1Cl. The molecule has 0 aromatic carbocycles. The number of rotatable bonds is 2. The van der Waals surface area contributed by atoms with Gasteiger partial charge in [-0.05, 0) is 6.07 Å². The third-order valence-corrected chi connectivity index (χ3v) is 1.52. The zero-order chi connectivity index (χ0) is 9.84. The Morgan fingerprint density at radius 1 is 1.77 bits per heavy atom. The van der Waals surface area contributed by atoms with Gasteiger partial charge in [-0.2, -0.15) is 0 Å². The molecule has 1 rings (SSSR count). The van der Waals surface area contributed by atoms with E-state index >= 15 is 0 Å². The summed E-state index contributed by atoms with van der Waals surface area (Å²) in [6.07, 6.45) is 0.154. The smallest absolute Gasteiger partial charge is 0.409 e. The van der Waals surface area contributed by atoms with E-state index in [2.05, 4.69) is 10.3 Å². The summed E-state index contributed by atoms with van der Waals surface area (Å²) in [6, 6.07) is 1.42. The molecule has 0 fully saturated rings. The van der Waals surface area contributed by atoms with E-state index in [-0.39, 0.29) is 10.9 Å². The molecule has 0 atom stereocenters. The van der Waals surface area contributed by atoms with Crippen LogP contribution in [0.2, 0.25) is 5.02 Å². The normalized spacial score (nSPS) is 9.38. The lowest BCUT2D eigenvalue weighted by Crippen LogP contribution is -2.07. The fourth-order valence-electron chi connectivity index (χ4n) is 0.767. The Hall–Kier alpha value is -1.49. The van der Waals surface area contributed by atoms with Crippen molar-refractivity contribution in [1.29, 1.82) is 0 Å². The first-order chi connectivity index (χ1) is 6.13. The van der Waals surface area contributed by atoms with Crippen molar-refractivity contribution in [2.24, 2.45) is 0 Å². The van der Waals surface area contributed by atoms with Crippen molar-refractivity contribution in [3.8, 4) is 5.88 Å². The Morgan fingerprint density at radius 2 is 2.46 bits per heavy atom. The number of aromatic nitrogens is 1. The highest BCUT2D eigenvalue weighted by molar-refractivity contribution is 6.32. The highest BCUT2D eigenvalue weighted by atomic mass is 35.5. The van der Waals surface area contributed by atoms with Crippen LogP contribution >= 0.6 is 11.6 Å². The van der Waals surface area contributed by atoms with Crippen molar-refractivity contribution in [2.45, 2.75) is 0 Å². The van der Waals surface area contributed by atoms with Gasteiger partial charge in [-0.1, -0.05) is 11.6 Å². The first-order valence-electron chi connectivity index (χ1n) is 3.33. The number of hydrogen-bond acceptors (Lipinski definition) is 3. The van der Waals surface area contributed by atoms with Crippen LogP contribution in [-0.2, 0) is 0 Å². The zero-order valence-corrected chi connectivity index (χ0v) is 7.50. The first kappa shape index (κ1) is 9.60. The number of carboxylic acid groups (broad SMARTS) is 1. The molecule has 1 heterocycles. The number of hydrogen-bond donors (Lipinski definition) is 2. The molecule has 0 radical (unpaired) electrons. The summed E-state index contributed by atoms with van der Waals surface area (Å²) in [4.78, 5) is 14.0. The van der Waals surface area contributed by atoms with Gasteiger partial charge in [0.15, 0.2) is 0 Å². The third-order valence-electron chi connectivity index (χ3n) is 1.25.